The van der Waals surface area contributed by atoms with E-state index >= 15 is 0 Å². The van der Waals surface area contributed by atoms with Gasteiger partial charge in [0.25, 0.3) is 10.0 Å². The Morgan fingerprint density at radius 1 is 1.08 bits per heavy atom. The van der Waals surface area contributed by atoms with Crippen LogP contribution in [0.3, 0.4) is 0 Å². The van der Waals surface area contributed by atoms with E-state index in [0.717, 1.165) is 24.0 Å². The second-order valence-corrected chi connectivity index (χ2v) is 10.3. The fraction of sp³-hybridized carbons (Fsp3) is 0.360. The van der Waals surface area contributed by atoms with Gasteiger partial charge in [0.15, 0.2) is 5.82 Å². The van der Waals surface area contributed by atoms with Crippen molar-refractivity contribution in [3.05, 3.63) is 76.9 Å². The van der Waals surface area contributed by atoms with E-state index in [9.17, 15) is 26.0 Å². The first kappa shape index (κ1) is 26.8. The molecule has 0 aliphatic carbocycles. The zero-order chi connectivity index (χ0) is 26.6. The minimum atomic E-state index is -4.46. The van der Waals surface area contributed by atoms with Gasteiger partial charge in [-0.15, -0.1) is 0 Å². The zero-order valence-electron chi connectivity index (χ0n) is 19.9. The molecule has 1 aromatic heterocycles. The van der Waals surface area contributed by atoms with Gasteiger partial charge in [0, 0.05) is 31.3 Å². The lowest BCUT2D eigenvalue weighted by molar-refractivity contribution is -0.137. The predicted molar refractivity (Wildman–Crippen MR) is 127 cm³/mol. The van der Waals surface area contributed by atoms with E-state index in [1.54, 1.807) is 13.2 Å². The lowest BCUT2D eigenvalue weighted by Gasteiger charge is -2.29. The highest BCUT2D eigenvalue weighted by atomic mass is 32.2. The SMILES string of the molecule is COCCCCc1cc(C(F)(F)F)ccc1C1CCOc2cc(S(=O)(=O)Nc3ncc(F)cn3)ccc21. The molecule has 7 nitrogen and oxygen atoms in total. The second-order valence-electron chi connectivity index (χ2n) is 8.58. The summed E-state index contributed by atoms with van der Waals surface area (Å²) in [6.45, 7) is 0.780. The number of benzene rings is 2. The normalized spacial score (nSPS) is 15.6. The fourth-order valence-electron chi connectivity index (χ4n) is 4.30. The van der Waals surface area contributed by atoms with Gasteiger partial charge in [0.1, 0.15) is 5.75 Å². The number of methoxy groups -OCH3 is 1. The third-order valence-corrected chi connectivity index (χ3v) is 7.40. The summed E-state index contributed by atoms with van der Waals surface area (Å²) in [5, 5.41) is 0. The van der Waals surface area contributed by atoms with Crippen molar-refractivity contribution in [3.8, 4) is 5.75 Å². The molecule has 0 fully saturated rings. The van der Waals surface area contributed by atoms with Crippen LogP contribution in [0.25, 0.3) is 0 Å². The number of alkyl halides is 3. The summed E-state index contributed by atoms with van der Waals surface area (Å²) < 4.78 is 91.9. The topological polar surface area (TPSA) is 90.4 Å². The average molecular weight is 540 g/mol. The Morgan fingerprint density at radius 3 is 2.51 bits per heavy atom. The van der Waals surface area contributed by atoms with Crippen LogP contribution in [0.4, 0.5) is 23.5 Å². The molecule has 1 atom stereocenters. The molecule has 0 saturated carbocycles. The van der Waals surface area contributed by atoms with Crippen LogP contribution in [0.5, 0.6) is 5.75 Å². The minimum Gasteiger partial charge on any atom is -0.493 e. The number of halogens is 4. The third-order valence-electron chi connectivity index (χ3n) is 6.07. The van der Waals surface area contributed by atoms with E-state index in [-0.39, 0.29) is 23.4 Å². The molecule has 198 valence electrons. The molecule has 2 heterocycles. The van der Waals surface area contributed by atoms with Gasteiger partial charge in [-0.05, 0) is 55.0 Å². The molecule has 3 aromatic rings. The maximum atomic E-state index is 13.4. The first-order valence-electron chi connectivity index (χ1n) is 11.5. The number of ether oxygens (including phenoxy) is 2. The second kappa shape index (κ2) is 11.0. The van der Waals surface area contributed by atoms with Crippen molar-refractivity contribution in [3.63, 3.8) is 0 Å². The summed E-state index contributed by atoms with van der Waals surface area (Å²) in [7, 11) is -2.53. The molecular formula is C25H25F4N3O4S. The monoisotopic (exact) mass is 539 g/mol. The van der Waals surface area contributed by atoms with Crippen molar-refractivity contribution >= 4 is 16.0 Å². The van der Waals surface area contributed by atoms with Crippen molar-refractivity contribution < 1.29 is 35.5 Å². The lowest BCUT2D eigenvalue weighted by atomic mass is 9.82. The number of fused-ring (bicyclic) bond motifs is 1. The number of nitrogens with one attached hydrogen (secondary N) is 1. The quantitative estimate of drug-likeness (QED) is 0.293. The van der Waals surface area contributed by atoms with Gasteiger partial charge in [0.05, 0.1) is 29.5 Å². The van der Waals surface area contributed by atoms with Crippen molar-refractivity contribution in [1.29, 1.82) is 0 Å². The van der Waals surface area contributed by atoms with Crippen LogP contribution in [-0.4, -0.2) is 38.7 Å². The van der Waals surface area contributed by atoms with Crippen LogP contribution in [0.15, 0.2) is 53.7 Å². The Balaban J connectivity index is 1.65. The Labute approximate surface area is 211 Å². The van der Waals surface area contributed by atoms with E-state index in [2.05, 4.69) is 14.7 Å². The Bertz CT molecular complexity index is 1350. The smallest absolute Gasteiger partial charge is 0.416 e. The summed E-state index contributed by atoms with van der Waals surface area (Å²) in [5.41, 5.74) is 1.32. The molecule has 0 radical (unpaired) electrons. The third kappa shape index (κ3) is 6.37. The number of anilines is 1. The fourth-order valence-corrected chi connectivity index (χ4v) is 5.28. The first-order chi connectivity index (χ1) is 17.6. The molecular weight excluding hydrogens is 514 g/mol. The van der Waals surface area contributed by atoms with Gasteiger partial charge in [-0.3, -0.25) is 0 Å². The van der Waals surface area contributed by atoms with Crippen molar-refractivity contribution in [2.75, 3.05) is 25.0 Å². The Morgan fingerprint density at radius 2 is 1.81 bits per heavy atom. The first-order valence-corrected chi connectivity index (χ1v) is 13.0. The van der Waals surface area contributed by atoms with Crippen LogP contribution in [-0.2, 0) is 27.4 Å². The van der Waals surface area contributed by atoms with Crippen molar-refractivity contribution in [2.24, 2.45) is 0 Å². The highest BCUT2D eigenvalue weighted by Gasteiger charge is 2.33. The number of nitrogens with zero attached hydrogens (tertiary/aromatic N) is 2. The minimum absolute atomic E-state index is 0.118. The maximum absolute atomic E-state index is 13.4. The Kier molecular flexibility index (Phi) is 7.98. The number of unbranched alkanes of at least 4 members (excludes halogenated alkanes) is 1. The molecule has 4 rings (SSSR count). The molecule has 2 aromatic carbocycles. The van der Waals surface area contributed by atoms with Gasteiger partial charge < -0.3 is 9.47 Å². The Hall–Kier alpha value is -3.25. The highest BCUT2D eigenvalue weighted by molar-refractivity contribution is 7.92. The summed E-state index contributed by atoms with van der Waals surface area (Å²) in [6.07, 6.45) is -0.446. The number of hydrogen-bond acceptors (Lipinski definition) is 6. The molecule has 0 spiro atoms. The number of aryl methyl sites for hydroxylation is 1. The standard InChI is InChI=1S/C25H25F4N3O4S/c1-35-10-3-2-4-16-12-17(25(27,28)29)5-7-20(16)21-9-11-36-23-13-19(6-8-22(21)23)37(33,34)32-24-30-14-18(26)15-31-24/h5-8,12-15,21H,2-4,9-11H2,1H3,(H,30,31,32). The molecule has 1 aliphatic rings. The van der Waals surface area contributed by atoms with Crippen molar-refractivity contribution in [1.82, 2.24) is 9.97 Å². The van der Waals surface area contributed by atoms with Crippen LogP contribution in [0.1, 0.15) is 47.4 Å². The molecule has 0 bridgehead atoms. The number of aromatic nitrogens is 2. The molecule has 37 heavy (non-hydrogen) atoms. The summed E-state index contributed by atoms with van der Waals surface area (Å²) in [4.78, 5) is 7.09. The molecule has 0 saturated heterocycles. The van der Waals surface area contributed by atoms with Crippen LogP contribution < -0.4 is 9.46 Å². The van der Waals surface area contributed by atoms with E-state index in [0.29, 0.717) is 49.2 Å². The predicted octanol–water partition coefficient (Wildman–Crippen LogP) is 5.32. The van der Waals surface area contributed by atoms with Gasteiger partial charge in [-0.1, -0.05) is 12.1 Å². The average Bonchev–Trinajstić information content (AvgIpc) is 2.86. The summed E-state index contributed by atoms with van der Waals surface area (Å²) >= 11 is 0. The lowest BCUT2D eigenvalue weighted by Crippen LogP contribution is -2.19. The molecule has 1 aliphatic heterocycles. The van der Waals surface area contributed by atoms with E-state index in [1.807, 2.05) is 0 Å². The number of rotatable bonds is 9. The van der Waals surface area contributed by atoms with Gasteiger partial charge in [-0.2, -0.15) is 13.2 Å². The number of sulfonamides is 1. The largest absolute Gasteiger partial charge is 0.493 e. The zero-order valence-corrected chi connectivity index (χ0v) is 20.7. The van der Waals surface area contributed by atoms with Crippen LogP contribution >= 0.6 is 0 Å². The van der Waals surface area contributed by atoms with E-state index < -0.39 is 27.6 Å². The highest BCUT2D eigenvalue weighted by Crippen LogP contribution is 2.42. The molecule has 1 N–H and O–H groups in total. The summed E-state index contributed by atoms with van der Waals surface area (Å²) in [6, 6.07) is 8.12. The van der Waals surface area contributed by atoms with E-state index in [4.69, 9.17) is 9.47 Å². The molecule has 12 heteroatoms. The summed E-state index contributed by atoms with van der Waals surface area (Å²) in [5.74, 6) is -0.948. The van der Waals surface area contributed by atoms with Crippen molar-refractivity contribution in [2.45, 2.75) is 42.7 Å². The van der Waals surface area contributed by atoms with Gasteiger partial charge >= 0.3 is 6.18 Å². The number of hydrogen-bond donors (Lipinski definition) is 1. The van der Waals surface area contributed by atoms with Gasteiger partial charge in [-0.25, -0.2) is 27.5 Å². The van der Waals surface area contributed by atoms with E-state index in [1.165, 1.54) is 24.3 Å². The molecule has 0 amide bonds. The maximum Gasteiger partial charge on any atom is 0.416 e. The van der Waals surface area contributed by atoms with Crippen LogP contribution in [0.2, 0.25) is 0 Å². The van der Waals surface area contributed by atoms with Gasteiger partial charge in [0.2, 0.25) is 5.95 Å². The van der Waals surface area contributed by atoms with Crippen LogP contribution in [0, 0.1) is 5.82 Å². The molecule has 1 unspecified atom stereocenters.